The van der Waals surface area contributed by atoms with Crippen LogP contribution in [0.2, 0.25) is 0 Å². The van der Waals surface area contributed by atoms with E-state index in [1.807, 2.05) is 4.72 Å². The van der Waals surface area contributed by atoms with E-state index in [9.17, 15) is 17.6 Å². The molecule has 1 rings (SSSR count). The van der Waals surface area contributed by atoms with Crippen molar-refractivity contribution in [1.29, 1.82) is 0 Å². The van der Waals surface area contributed by atoms with E-state index in [-0.39, 0.29) is 5.69 Å². The number of hydrogen-bond acceptors (Lipinski definition) is 3. The van der Waals surface area contributed by atoms with Crippen LogP contribution in [0.3, 0.4) is 0 Å². The third-order valence-electron chi connectivity index (χ3n) is 2.00. The normalized spacial score (nSPS) is 13.1. The lowest BCUT2D eigenvalue weighted by molar-refractivity contribution is -0.136. The van der Waals surface area contributed by atoms with E-state index in [4.69, 9.17) is 5.11 Å². The minimum absolute atomic E-state index is 0.290. The molecule has 0 aliphatic heterocycles. The molecule has 0 spiro atoms. The molecule has 0 aromatic heterocycles. The number of benzene rings is 1. The van der Waals surface area contributed by atoms with Crippen LogP contribution >= 0.6 is 15.9 Å². The van der Waals surface area contributed by atoms with Gasteiger partial charge < -0.3 is 5.11 Å². The van der Waals surface area contributed by atoms with Crippen molar-refractivity contribution in [3.05, 3.63) is 28.5 Å². The van der Waals surface area contributed by atoms with E-state index in [0.717, 1.165) is 13.0 Å². The first kappa shape index (κ1) is 13.9. The molecule has 0 heterocycles. The average Bonchev–Trinajstić information content (AvgIpc) is 2.21. The Bertz CT molecular complexity index is 546. The highest BCUT2D eigenvalue weighted by molar-refractivity contribution is 9.10. The number of halogens is 2. The van der Waals surface area contributed by atoms with Crippen molar-refractivity contribution in [3.63, 3.8) is 0 Å². The number of sulfonamides is 1. The molecule has 0 saturated carbocycles. The van der Waals surface area contributed by atoms with E-state index >= 15 is 0 Å². The third kappa shape index (κ3) is 3.40. The number of carboxylic acid groups (broad SMARTS) is 1. The Morgan fingerprint density at radius 3 is 2.59 bits per heavy atom. The maximum Gasteiger partial charge on any atom is 0.323 e. The van der Waals surface area contributed by atoms with Gasteiger partial charge in [-0.2, -0.15) is 0 Å². The second-order valence-electron chi connectivity index (χ2n) is 3.25. The van der Waals surface area contributed by atoms with Crippen LogP contribution in [0.5, 0.6) is 0 Å². The predicted molar refractivity (Wildman–Crippen MR) is 63.7 cm³/mol. The van der Waals surface area contributed by atoms with Gasteiger partial charge in [0.15, 0.2) is 5.25 Å². The van der Waals surface area contributed by atoms with Crippen LogP contribution in [0.1, 0.15) is 6.92 Å². The van der Waals surface area contributed by atoms with Crippen LogP contribution in [0.4, 0.5) is 10.1 Å². The lowest BCUT2D eigenvalue weighted by Crippen LogP contribution is -2.32. The molecule has 1 aromatic rings. The summed E-state index contributed by atoms with van der Waals surface area (Å²) in [4.78, 5) is 10.6. The SMILES string of the molecule is CC(C(=O)O)S(=O)(=O)Nc1ccc(Br)cc1F. The molecule has 17 heavy (non-hydrogen) atoms. The summed E-state index contributed by atoms with van der Waals surface area (Å²) >= 11 is 3.02. The maximum absolute atomic E-state index is 13.3. The first-order valence-corrected chi connectivity index (χ1v) is 6.77. The van der Waals surface area contributed by atoms with Gasteiger partial charge in [-0.3, -0.25) is 9.52 Å². The first-order chi connectivity index (χ1) is 7.74. The first-order valence-electron chi connectivity index (χ1n) is 4.43. The zero-order valence-electron chi connectivity index (χ0n) is 8.65. The maximum atomic E-state index is 13.3. The molecule has 8 heteroatoms. The fourth-order valence-corrected chi connectivity index (χ4v) is 2.19. The van der Waals surface area contributed by atoms with Crippen molar-refractivity contribution >= 4 is 37.6 Å². The van der Waals surface area contributed by atoms with Gasteiger partial charge in [0, 0.05) is 4.47 Å². The zero-order chi connectivity index (χ0) is 13.2. The van der Waals surface area contributed by atoms with Crippen LogP contribution in [-0.4, -0.2) is 24.7 Å². The number of rotatable bonds is 4. The predicted octanol–water partition coefficient (Wildman–Crippen LogP) is 1.80. The van der Waals surface area contributed by atoms with Gasteiger partial charge in [-0.25, -0.2) is 12.8 Å². The molecular formula is C9H9BrFNO4S. The quantitative estimate of drug-likeness (QED) is 0.884. The number of carboxylic acids is 1. The summed E-state index contributed by atoms with van der Waals surface area (Å²) in [7, 11) is -4.15. The van der Waals surface area contributed by atoms with Crippen molar-refractivity contribution in [2.75, 3.05) is 4.72 Å². The summed E-state index contributed by atoms with van der Waals surface area (Å²) in [5, 5.41) is 6.93. The topological polar surface area (TPSA) is 83.5 Å². The summed E-state index contributed by atoms with van der Waals surface area (Å²) in [6, 6.07) is 3.71. The molecule has 0 amide bonds. The second kappa shape index (κ2) is 5.01. The van der Waals surface area contributed by atoms with Gasteiger partial charge in [-0.05, 0) is 25.1 Å². The van der Waals surface area contributed by atoms with Crippen LogP contribution in [-0.2, 0) is 14.8 Å². The molecule has 94 valence electrons. The monoisotopic (exact) mass is 325 g/mol. The highest BCUT2D eigenvalue weighted by atomic mass is 79.9. The molecule has 0 saturated heterocycles. The lowest BCUT2D eigenvalue weighted by atomic mass is 10.3. The minimum Gasteiger partial charge on any atom is -0.480 e. The third-order valence-corrected chi connectivity index (χ3v) is 4.13. The van der Waals surface area contributed by atoms with Crippen molar-refractivity contribution < 1.29 is 22.7 Å². The van der Waals surface area contributed by atoms with Crippen molar-refractivity contribution in [1.82, 2.24) is 0 Å². The van der Waals surface area contributed by atoms with Crippen molar-refractivity contribution in [2.45, 2.75) is 12.2 Å². The van der Waals surface area contributed by atoms with Crippen molar-refractivity contribution in [3.8, 4) is 0 Å². The number of carbonyl (C=O) groups is 1. The summed E-state index contributed by atoms with van der Waals surface area (Å²) < 4.78 is 38.7. The Morgan fingerprint density at radius 2 is 2.12 bits per heavy atom. The van der Waals surface area contributed by atoms with E-state index in [1.54, 1.807) is 0 Å². The van der Waals surface area contributed by atoms with Gasteiger partial charge in [0.25, 0.3) is 0 Å². The molecule has 0 aliphatic rings. The Kier molecular flexibility index (Phi) is 4.10. The number of anilines is 1. The standard InChI is InChI=1S/C9H9BrFNO4S/c1-5(9(13)14)17(15,16)12-8-3-2-6(10)4-7(8)11/h2-5,12H,1H3,(H,13,14). The molecule has 0 radical (unpaired) electrons. The van der Waals surface area contributed by atoms with Crippen LogP contribution in [0, 0.1) is 5.82 Å². The van der Waals surface area contributed by atoms with Gasteiger partial charge in [-0.1, -0.05) is 15.9 Å². The Balaban J connectivity index is 3.02. The molecule has 1 unspecified atom stereocenters. The molecule has 1 atom stereocenters. The highest BCUT2D eigenvalue weighted by Gasteiger charge is 2.28. The van der Waals surface area contributed by atoms with E-state index in [1.165, 1.54) is 12.1 Å². The van der Waals surface area contributed by atoms with Gasteiger partial charge >= 0.3 is 5.97 Å². The smallest absolute Gasteiger partial charge is 0.323 e. The molecule has 2 N–H and O–H groups in total. The number of hydrogen-bond donors (Lipinski definition) is 2. The number of aliphatic carboxylic acids is 1. The molecule has 1 aromatic carbocycles. The van der Waals surface area contributed by atoms with E-state index in [0.29, 0.717) is 4.47 Å². The Labute approximate surface area is 106 Å². The van der Waals surface area contributed by atoms with Crippen molar-refractivity contribution in [2.24, 2.45) is 0 Å². The zero-order valence-corrected chi connectivity index (χ0v) is 11.0. The molecule has 5 nitrogen and oxygen atoms in total. The van der Waals surface area contributed by atoms with Gasteiger partial charge in [0.2, 0.25) is 10.0 Å². The molecule has 0 aliphatic carbocycles. The summed E-state index contributed by atoms with van der Waals surface area (Å²) in [6.07, 6.45) is 0. The van der Waals surface area contributed by atoms with Gasteiger partial charge in [0.1, 0.15) is 5.82 Å². The fourth-order valence-electron chi connectivity index (χ4n) is 0.947. The second-order valence-corrected chi connectivity index (χ2v) is 6.17. The molecule has 0 bridgehead atoms. The molecule has 0 fully saturated rings. The summed E-state index contributed by atoms with van der Waals surface area (Å²) in [6.45, 7) is 1.00. The van der Waals surface area contributed by atoms with Crippen LogP contribution < -0.4 is 4.72 Å². The van der Waals surface area contributed by atoms with E-state index in [2.05, 4.69) is 15.9 Å². The fraction of sp³-hybridized carbons (Fsp3) is 0.222. The van der Waals surface area contributed by atoms with E-state index < -0.39 is 27.1 Å². The van der Waals surface area contributed by atoms with Gasteiger partial charge in [-0.15, -0.1) is 0 Å². The summed E-state index contributed by atoms with van der Waals surface area (Å²) in [5.41, 5.74) is -0.290. The van der Waals surface area contributed by atoms with Crippen LogP contribution in [0.15, 0.2) is 22.7 Å². The number of nitrogens with one attached hydrogen (secondary N) is 1. The van der Waals surface area contributed by atoms with Gasteiger partial charge in [0.05, 0.1) is 5.69 Å². The Morgan fingerprint density at radius 1 is 1.53 bits per heavy atom. The minimum atomic E-state index is -4.15. The Hall–Kier alpha value is -1.15. The molecular weight excluding hydrogens is 317 g/mol. The lowest BCUT2D eigenvalue weighted by Gasteiger charge is -2.11. The highest BCUT2D eigenvalue weighted by Crippen LogP contribution is 2.21. The largest absolute Gasteiger partial charge is 0.480 e. The summed E-state index contributed by atoms with van der Waals surface area (Å²) in [5.74, 6) is -2.30. The average molecular weight is 326 g/mol. The van der Waals surface area contributed by atoms with Crippen LogP contribution in [0.25, 0.3) is 0 Å².